The van der Waals surface area contributed by atoms with Gasteiger partial charge < -0.3 is 14.3 Å². The Labute approximate surface area is 162 Å². The van der Waals surface area contributed by atoms with E-state index in [-0.39, 0.29) is 0 Å². The second-order valence-electron chi connectivity index (χ2n) is 6.35. The highest BCUT2D eigenvalue weighted by Gasteiger charge is 2.32. The average molecular weight is 384 g/mol. The van der Waals surface area contributed by atoms with Crippen LogP contribution in [-0.4, -0.2) is 48.7 Å². The first kappa shape index (κ1) is 17.4. The minimum Gasteiger partial charge on any atom is -0.394 e. The van der Waals surface area contributed by atoms with Gasteiger partial charge in [-0.1, -0.05) is 35.5 Å². The Balaban J connectivity index is 1.80. The van der Waals surface area contributed by atoms with Crippen LogP contribution in [0, 0.1) is 0 Å². The first-order valence-electron chi connectivity index (χ1n) is 8.50. The molecule has 3 aromatic rings. The summed E-state index contributed by atoms with van der Waals surface area (Å²) in [4.78, 5) is 8.91. The molecule has 0 spiro atoms. The number of benzene rings is 1. The van der Waals surface area contributed by atoms with Gasteiger partial charge in [0.15, 0.2) is 0 Å². The zero-order chi connectivity index (χ0) is 18.1. The predicted octanol–water partition coefficient (Wildman–Crippen LogP) is 4.57. The van der Waals surface area contributed by atoms with Crippen molar-refractivity contribution in [1.29, 1.82) is 0 Å². The number of thiophene rings is 1. The number of likely N-dealkylation sites (N-methyl/N-ethyl adjacent to an activating group) is 1. The molecule has 1 aliphatic heterocycles. The van der Waals surface area contributed by atoms with Crippen LogP contribution in [0.25, 0.3) is 16.8 Å². The Kier molecular flexibility index (Phi) is 4.89. The third kappa shape index (κ3) is 2.98. The van der Waals surface area contributed by atoms with E-state index in [0.29, 0.717) is 6.61 Å². The number of nitrogens with zero attached hydrogens (tertiary/aromatic N) is 3. The van der Waals surface area contributed by atoms with Crippen molar-refractivity contribution in [2.45, 2.75) is 4.21 Å². The Bertz CT molecular complexity index is 941. The Morgan fingerprint density at radius 2 is 1.96 bits per heavy atom. The van der Waals surface area contributed by atoms with E-state index in [0.717, 1.165) is 18.0 Å². The number of hydrogen-bond donors (Lipinski definition) is 0. The first-order valence-corrected chi connectivity index (χ1v) is 10.5. The van der Waals surface area contributed by atoms with Crippen LogP contribution in [0.1, 0.15) is 10.6 Å². The summed E-state index contributed by atoms with van der Waals surface area (Å²) in [6.07, 6.45) is 4.24. The lowest BCUT2D eigenvalue weighted by Gasteiger charge is -2.08. The van der Waals surface area contributed by atoms with E-state index in [1.54, 1.807) is 23.1 Å². The summed E-state index contributed by atoms with van der Waals surface area (Å²) in [6.45, 7) is 1.43. The standard InChI is InChI=1S/C20H21N3OS2/c1-22(2)12-13-24-21-17-15-10-7-11-23(15)18-16(14-8-5-4-6-9-14)20(25-3)26-19(17)18/h4-11H,12-13H2,1-3H3. The van der Waals surface area contributed by atoms with Gasteiger partial charge in [-0.15, -0.1) is 23.1 Å². The summed E-state index contributed by atoms with van der Waals surface area (Å²) >= 11 is 3.59. The Morgan fingerprint density at radius 1 is 1.15 bits per heavy atom. The van der Waals surface area contributed by atoms with Crippen LogP contribution < -0.4 is 0 Å². The first-order chi connectivity index (χ1) is 12.7. The molecule has 2 aromatic heterocycles. The van der Waals surface area contributed by atoms with Crippen molar-refractivity contribution in [3.63, 3.8) is 0 Å². The topological polar surface area (TPSA) is 29.8 Å². The quantitative estimate of drug-likeness (QED) is 0.277. The number of rotatable bonds is 6. The second kappa shape index (κ2) is 7.31. The number of thioether (sulfide) groups is 1. The molecule has 6 heteroatoms. The van der Waals surface area contributed by atoms with Gasteiger partial charge in [-0.05, 0) is 38.0 Å². The van der Waals surface area contributed by atoms with Gasteiger partial charge >= 0.3 is 0 Å². The van der Waals surface area contributed by atoms with Gasteiger partial charge in [-0.25, -0.2) is 0 Å². The van der Waals surface area contributed by atoms with E-state index in [2.05, 4.69) is 69.5 Å². The van der Waals surface area contributed by atoms with Gasteiger partial charge in [0.2, 0.25) is 0 Å². The van der Waals surface area contributed by atoms with Crippen molar-refractivity contribution < 1.29 is 4.84 Å². The van der Waals surface area contributed by atoms with E-state index < -0.39 is 0 Å². The summed E-state index contributed by atoms with van der Waals surface area (Å²) in [5, 5.41) is 4.50. The highest BCUT2D eigenvalue weighted by atomic mass is 32.2. The zero-order valence-electron chi connectivity index (χ0n) is 15.1. The van der Waals surface area contributed by atoms with Gasteiger partial charge in [0.25, 0.3) is 0 Å². The summed E-state index contributed by atoms with van der Waals surface area (Å²) in [5.74, 6) is 0. The largest absolute Gasteiger partial charge is 0.394 e. The van der Waals surface area contributed by atoms with Gasteiger partial charge in [0.05, 0.1) is 20.5 Å². The van der Waals surface area contributed by atoms with E-state index in [1.807, 2.05) is 14.1 Å². The zero-order valence-corrected chi connectivity index (χ0v) is 16.7. The molecule has 26 heavy (non-hydrogen) atoms. The molecule has 0 amide bonds. The number of oxime groups is 1. The number of aromatic nitrogens is 1. The van der Waals surface area contributed by atoms with Crippen LogP contribution in [0.3, 0.4) is 0 Å². The summed E-state index contributed by atoms with van der Waals surface area (Å²) < 4.78 is 3.55. The average Bonchev–Trinajstić information content (AvgIpc) is 3.31. The molecule has 0 aliphatic carbocycles. The van der Waals surface area contributed by atoms with E-state index in [1.165, 1.54) is 25.9 Å². The van der Waals surface area contributed by atoms with Crippen molar-refractivity contribution in [3.8, 4) is 16.8 Å². The normalized spacial score (nSPS) is 14.1. The fourth-order valence-corrected chi connectivity index (χ4v) is 5.14. The highest BCUT2D eigenvalue weighted by molar-refractivity contribution is 8.00. The maximum absolute atomic E-state index is 5.63. The molecular weight excluding hydrogens is 362 g/mol. The van der Waals surface area contributed by atoms with Crippen molar-refractivity contribution in [1.82, 2.24) is 9.47 Å². The molecule has 0 unspecified atom stereocenters. The van der Waals surface area contributed by atoms with Crippen molar-refractivity contribution in [2.24, 2.45) is 5.16 Å². The maximum Gasteiger partial charge on any atom is 0.146 e. The lowest BCUT2D eigenvalue weighted by molar-refractivity contribution is 0.126. The predicted molar refractivity (Wildman–Crippen MR) is 111 cm³/mol. The van der Waals surface area contributed by atoms with Gasteiger partial charge in [-0.2, -0.15) is 0 Å². The van der Waals surface area contributed by atoms with E-state index >= 15 is 0 Å². The Hall–Kier alpha value is -2.02. The lowest BCUT2D eigenvalue weighted by atomic mass is 10.1. The fraction of sp³-hybridized carbons (Fsp3) is 0.250. The summed E-state index contributed by atoms with van der Waals surface area (Å²) in [5.41, 5.74) is 5.78. The molecular formula is C20H21N3OS2. The molecule has 1 aromatic carbocycles. The third-order valence-electron chi connectivity index (χ3n) is 4.33. The van der Waals surface area contributed by atoms with Crippen LogP contribution in [0.2, 0.25) is 0 Å². The minimum absolute atomic E-state index is 0.582. The molecule has 3 heterocycles. The third-order valence-corrected chi connectivity index (χ3v) is 6.64. The van der Waals surface area contributed by atoms with Crippen LogP contribution in [-0.2, 0) is 4.84 Å². The molecule has 1 aliphatic rings. The molecule has 0 atom stereocenters. The molecule has 0 bridgehead atoms. The van der Waals surface area contributed by atoms with Gasteiger partial charge in [0, 0.05) is 18.3 Å². The van der Waals surface area contributed by atoms with Crippen molar-refractivity contribution >= 4 is 28.8 Å². The SMILES string of the molecule is CSc1sc2c(c1-c1ccccc1)-n1cccc1C2=NOCCN(C)C. The smallest absolute Gasteiger partial charge is 0.146 e. The molecule has 0 N–H and O–H groups in total. The van der Waals surface area contributed by atoms with Crippen molar-refractivity contribution in [2.75, 3.05) is 33.5 Å². The molecule has 0 radical (unpaired) electrons. The van der Waals surface area contributed by atoms with Crippen LogP contribution in [0.4, 0.5) is 0 Å². The maximum atomic E-state index is 5.63. The molecule has 4 nitrogen and oxygen atoms in total. The lowest BCUT2D eigenvalue weighted by Crippen LogP contribution is -2.17. The number of fused-ring (bicyclic) bond motifs is 3. The monoisotopic (exact) mass is 383 g/mol. The second-order valence-corrected chi connectivity index (χ2v) is 8.45. The molecule has 0 saturated heterocycles. The van der Waals surface area contributed by atoms with E-state index in [9.17, 15) is 0 Å². The number of hydrogen-bond acceptors (Lipinski definition) is 5. The van der Waals surface area contributed by atoms with Crippen molar-refractivity contribution in [3.05, 3.63) is 59.2 Å². The van der Waals surface area contributed by atoms with Gasteiger partial charge in [0.1, 0.15) is 12.3 Å². The highest BCUT2D eigenvalue weighted by Crippen LogP contribution is 2.48. The van der Waals surface area contributed by atoms with Gasteiger partial charge in [-0.3, -0.25) is 0 Å². The molecule has 4 rings (SSSR count). The summed E-state index contributed by atoms with van der Waals surface area (Å²) in [7, 11) is 4.07. The molecule has 0 fully saturated rings. The van der Waals surface area contributed by atoms with Crippen LogP contribution in [0.5, 0.6) is 0 Å². The van der Waals surface area contributed by atoms with Crippen LogP contribution in [0.15, 0.2) is 58.0 Å². The van der Waals surface area contributed by atoms with E-state index in [4.69, 9.17) is 4.84 Å². The molecule has 0 saturated carbocycles. The fourth-order valence-electron chi connectivity index (χ4n) is 3.10. The van der Waals surface area contributed by atoms with Crippen LogP contribution >= 0.6 is 23.1 Å². The summed E-state index contributed by atoms with van der Waals surface area (Å²) in [6, 6.07) is 14.8. The molecule has 134 valence electrons. The minimum atomic E-state index is 0.582. The Morgan fingerprint density at radius 3 is 2.69 bits per heavy atom.